The van der Waals surface area contributed by atoms with Gasteiger partial charge in [0.1, 0.15) is 5.57 Å². The SMILES string of the molecule is COc1cc(/C=C2/C(=O)NN(c3ccc(Cl)c(Cl)c3)C2=O)ccc1OCC(=O)O. The number of nitrogens with one attached hydrogen (secondary N) is 1. The maximum Gasteiger partial charge on any atom is 0.341 e. The summed E-state index contributed by atoms with van der Waals surface area (Å²) < 4.78 is 10.3. The van der Waals surface area contributed by atoms with Crippen molar-refractivity contribution in [3.8, 4) is 11.5 Å². The number of amides is 2. The molecule has 10 heteroatoms. The Kier molecular flexibility index (Phi) is 5.95. The summed E-state index contributed by atoms with van der Waals surface area (Å²) >= 11 is 11.9. The molecular formula is C19H14Cl2N2O6. The molecule has 3 rings (SSSR count). The van der Waals surface area contributed by atoms with Crippen LogP contribution in [0, 0.1) is 0 Å². The molecule has 0 aliphatic carbocycles. The first-order chi connectivity index (χ1) is 13.8. The van der Waals surface area contributed by atoms with Crippen LogP contribution in [-0.2, 0) is 14.4 Å². The molecule has 0 atom stereocenters. The first-order valence-electron chi connectivity index (χ1n) is 8.15. The van der Waals surface area contributed by atoms with Crippen LogP contribution in [0.15, 0.2) is 42.0 Å². The number of hydrazine groups is 1. The summed E-state index contributed by atoms with van der Waals surface area (Å²) in [6.45, 7) is -0.531. The highest BCUT2D eigenvalue weighted by atomic mass is 35.5. The van der Waals surface area contributed by atoms with Crippen molar-refractivity contribution >= 4 is 52.7 Å². The van der Waals surface area contributed by atoms with Gasteiger partial charge in [0.05, 0.1) is 22.8 Å². The first-order valence-corrected chi connectivity index (χ1v) is 8.90. The van der Waals surface area contributed by atoms with Gasteiger partial charge in [0.15, 0.2) is 18.1 Å². The average Bonchev–Trinajstić information content (AvgIpc) is 2.97. The van der Waals surface area contributed by atoms with Crippen LogP contribution in [-0.4, -0.2) is 36.6 Å². The topological polar surface area (TPSA) is 105 Å². The lowest BCUT2D eigenvalue weighted by molar-refractivity contribution is -0.139. The first kappa shape index (κ1) is 20.5. The Morgan fingerprint density at radius 1 is 1.14 bits per heavy atom. The standard InChI is InChI=1S/C19H14Cl2N2O6/c1-28-16-7-10(2-5-15(16)29-9-17(24)25)6-12-18(26)22-23(19(12)27)11-3-4-13(20)14(21)8-11/h2-8H,9H2,1H3,(H,22,26)(H,24,25)/b12-6-. The number of ether oxygens (including phenoxy) is 2. The van der Waals surface area contributed by atoms with E-state index in [2.05, 4.69) is 5.43 Å². The lowest BCUT2D eigenvalue weighted by Crippen LogP contribution is -2.35. The van der Waals surface area contributed by atoms with Crippen LogP contribution >= 0.6 is 23.2 Å². The van der Waals surface area contributed by atoms with E-state index in [9.17, 15) is 14.4 Å². The number of carboxylic acids is 1. The Labute approximate surface area is 175 Å². The zero-order chi connectivity index (χ0) is 21.1. The van der Waals surface area contributed by atoms with Crippen LogP contribution in [0.4, 0.5) is 5.69 Å². The molecule has 29 heavy (non-hydrogen) atoms. The minimum absolute atomic E-state index is 0.0997. The average molecular weight is 437 g/mol. The third-order valence-electron chi connectivity index (χ3n) is 3.90. The van der Waals surface area contributed by atoms with Crippen molar-refractivity contribution in [1.82, 2.24) is 5.43 Å². The number of carbonyl (C=O) groups is 3. The predicted molar refractivity (Wildman–Crippen MR) is 106 cm³/mol. The fourth-order valence-corrected chi connectivity index (χ4v) is 2.86. The fourth-order valence-electron chi connectivity index (χ4n) is 2.56. The second kappa shape index (κ2) is 8.42. The van der Waals surface area contributed by atoms with Crippen molar-refractivity contribution < 1.29 is 29.0 Å². The summed E-state index contributed by atoms with van der Waals surface area (Å²) in [4.78, 5) is 35.6. The normalized spacial score (nSPS) is 14.9. The fraction of sp³-hybridized carbons (Fsp3) is 0.105. The van der Waals surface area contributed by atoms with Crippen molar-refractivity contribution in [1.29, 1.82) is 0 Å². The number of carboxylic acid groups (broad SMARTS) is 1. The second-order valence-electron chi connectivity index (χ2n) is 5.83. The summed E-state index contributed by atoms with van der Waals surface area (Å²) in [5.41, 5.74) is 3.21. The van der Waals surface area contributed by atoms with Gasteiger partial charge in [-0.1, -0.05) is 29.3 Å². The van der Waals surface area contributed by atoms with Crippen molar-refractivity contribution in [3.63, 3.8) is 0 Å². The number of benzene rings is 2. The summed E-state index contributed by atoms with van der Waals surface area (Å²) in [7, 11) is 1.39. The van der Waals surface area contributed by atoms with E-state index in [-0.39, 0.29) is 22.1 Å². The van der Waals surface area contributed by atoms with Gasteiger partial charge in [0.2, 0.25) is 0 Å². The maximum atomic E-state index is 12.7. The molecule has 2 aromatic carbocycles. The Balaban J connectivity index is 1.87. The predicted octanol–water partition coefficient (Wildman–Crippen LogP) is 2.93. The van der Waals surface area contributed by atoms with E-state index < -0.39 is 24.4 Å². The molecule has 0 bridgehead atoms. The van der Waals surface area contributed by atoms with Crippen LogP contribution in [0.2, 0.25) is 10.0 Å². The van der Waals surface area contributed by atoms with Gasteiger partial charge in [0.25, 0.3) is 11.8 Å². The number of hydrogen-bond acceptors (Lipinski definition) is 5. The van der Waals surface area contributed by atoms with Crippen molar-refractivity contribution in [2.75, 3.05) is 18.7 Å². The summed E-state index contributed by atoms with van der Waals surface area (Å²) in [5, 5.41) is 10.3. The molecule has 1 fully saturated rings. The summed E-state index contributed by atoms with van der Waals surface area (Å²) in [5.74, 6) is -1.82. The van der Waals surface area contributed by atoms with E-state index >= 15 is 0 Å². The van der Waals surface area contributed by atoms with Gasteiger partial charge in [-0.25, -0.2) is 9.80 Å². The molecule has 0 radical (unpaired) electrons. The number of carbonyl (C=O) groups excluding carboxylic acids is 2. The second-order valence-corrected chi connectivity index (χ2v) is 6.65. The van der Waals surface area contributed by atoms with E-state index in [1.165, 1.54) is 37.5 Å². The van der Waals surface area contributed by atoms with Crippen molar-refractivity contribution in [2.24, 2.45) is 0 Å². The molecule has 150 valence electrons. The molecule has 0 aromatic heterocycles. The molecule has 0 saturated carbocycles. The zero-order valence-electron chi connectivity index (χ0n) is 14.9. The lowest BCUT2D eigenvalue weighted by atomic mass is 10.1. The van der Waals surface area contributed by atoms with Gasteiger partial charge in [-0.2, -0.15) is 0 Å². The number of anilines is 1. The van der Waals surface area contributed by atoms with E-state index in [1.54, 1.807) is 12.1 Å². The number of methoxy groups -OCH3 is 1. The molecule has 0 spiro atoms. The maximum absolute atomic E-state index is 12.7. The highest BCUT2D eigenvalue weighted by Gasteiger charge is 2.34. The third-order valence-corrected chi connectivity index (χ3v) is 4.64. The van der Waals surface area contributed by atoms with Crippen LogP contribution < -0.4 is 19.9 Å². The quantitative estimate of drug-likeness (QED) is 0.532. The van der Waals surface area contributed by atoms with Gasteiger partial charge in [-0.3, -0.25) is 15.0 Å². The Morgan fingerprint density at radius 2 is 1.90 bits per heavy atom. The molecule has 2 N–H and O–H groups in total. The van der Waals surface area contributed by atoms with Crippen LogP contribution in [0.1, 0.15) is 5.56 Å². The number of halogens is 2. The molecule has 8 nitrogen and oxygen atoms in total. The van der Waals surface area contributed by atoms with Gasteiger partial charge >= 0.3 is 5.97 Å². The van der Waals surface area contributed by atoms with E-state index in [1.807, 2.05) is 0 Å². The van der Waals surface area contributed by atoms with Crippen molar-refractivity contribution in [3.05, 3.63) is 57.6 Å². The molecular weight excluding hydrogens is 423 g/mol. The summed E-state index contributed by atoms with van der Waals surface area (Å²) in [6, 6.07) is 9.10. The molecule has 1 aliphatic rings. The molecule has 0 unspecified atom stereocenters. The van der Waals surface area contributed by atoms with E-state index in [0.717, 1.165) is 5.01 Å². The molecule has 1 heterocycles. The minimum Gasteiger partial charge on any atom is -0.493 e. The van der Waals surface area contributed by atoms with Gasteiger partial charge in [-0.05, 0) is 42.0 Å². The summed E-state index contributed by atoms with van der Waals surface area (Å²) in [6.07, 6.45) is 1.39. The Morgan fingerprint density at radius 3 is 2.55 bits per heavy atom. The zero-order valence-corrected chi connectivity index (χ0v) is 16.5. The largest absolute Gasteiger partial charge is 0.493 e. The van der Waals surface area contributed by atoms with Crippen molar-refractivity contribution in [2.45, 2.75) is 0 Å². The highest BCUT2D eigenvalue weighted by Crippen LogP contribution is 2.31. The molecule has 2 amide bonds. The lowest BCUT2D eigenvalue weighted by Gasteiger charge is -2.15. The van der Waals surface area contributed by atoms with Gasteiger partial charge < -0.3 is 14.6 Å². The third kappa shape index (κ3) is 4.44. The number of nitrogens with zero attached hydrogens (tertiary/aromatic N) is 1. The number of rotatable bonds is 6. The van der Waals surface area contributed by atoms with Crippen LogP contribution in [0.5, 0.6) is 11.5 Å². The molecule has 1 saturated heterocycles. The smallest absolute Gasteiger partial charge is 0.341 e. The number of hydrogen-bond donors (Lipinski definition) is 2. The molecule has 2 aromatic rings. The van der Waals surface area contributed by atoms with Gasteiger partial charge in [-0.15, -0.1) is 0 Å². The monoisotopic (exact) mass is 436 g/mol. The van der Waals surface area contributed by atoms with E-state index in [0.29, 0.717) is 16.3 Å². The minimum atomic E-state index is -1.13. The Bertz CT molecular complexity index is 1040. The van der Waals surface area contributed by atoms with E-state index in [4.69, 9.17) is 37.8 Å². The highest BCUT2D eigenvalue weighted by molar-refractivity contribution is 6.42. The molecule has 1 aliphatic heterocycles. The Hall–Kier alpha value is -3.23. The van der Waals surface area contributed by atoms with Crippen LogP contribution in [0.25, 0.3) is 6.08 Å². The number of aliphatic carboxylic acids is 1. The van der Waals surface area contributed by atoms with Crippen LogP contribution in [0.3, 0.4) is 0 Å². The van der Waals surface area contributed by atoms with Gasteiger partial charge in [0, 0.05) is 0 Å².